The number of imidazole rings is 1. The van der Waals surface area contributed by atoms with E-state index in [0.717, 1.165) is 36.6 Å². The number of hydrogen-bond donors (Lipinski definition) is 1. The topological polar surface area (TPSA) is 78.7 Å². The third-order valence-electron chi connectivity index (χ3n) is 4.74. The summed E-state index contributed by atoms with van der Waals surface area (Å²) in [5.41, 5.74) is 2.27. The van der Waals surface area contributed by atoms with Crippen LogP contribution in [0.4, 0.5) is 13.2 Å². The maximum atomic E-state index is 12.7. The molecule has 1 aliphatic heterocycles. The Balaban J connectivity index is 0.000000396. The molecular formula is C19H25F3N4O3S. The number of rotatable bonds is 4. The normalized spacial score (nSPS) is 14.2. The number of carboxylic acids is 1. The molecule has 3 heterocycles. The van der Waals surface area contributed by atoms with Crippen molar-refractivity contribution in [1.29, 1.82) is 0 Å². The SMILES string of the molecule is CC(C)N(C)Cc1ncn2c1CN(C(=O)c1cccs1)CCC2.O=C(O)C(F)(F)F. The molecule has 0 atom stereocenters. The molecule has 1 amide bonds. The second-order valence-corrected chi connectivity index (χ2v) is 8.15. The number of alkyl halides is 3. The number of aliphatic carboxylic acids is 1. The average Bonchev–Trinajstić information content (AvgIpc) is 3.26. The molecule has 0 fully saturated rings. The summed E-state index contributed by atoms with van der Waals surface area (Å²) < 4.78 is 33.9. The Kier molecular flexibility index (Phi) is 8.02. The summed E-state index contributed by atoms with van der Waals surface area (Å²) in [6, 6.07) is 4.31. The number of halogens is 3. The van der Waals surface area contributed by atoms with Crippen molar-refractivity contribution in [3.63, 3.8) is 0 Å². The Morgan fingerprint density at radius 2 is 2.00 bits per heavy atom. The van der Waals surface area contributed by atoms with Crippen LogP contribution in [0.5, 0.6) is 0 Å². The molecule has 0 bridgehead atoms. The van der Waals surface area contributed by atoms with E-state index in [1.807, 2.05) is 28.7 Å². The highest BCUT2D eigenvalue weighted by molar-refractivity contribution is 7.12. The molecule has 0 aromatic carbocycles. The zero-order valence-electron chi connectivity index (χ0n) is 17.0. The molecule has 30 heavy (non-hydrogen) atoms. The second kappa shape index (κ2) is 10.1. The van der Waals surface area contributed by atoms with Crippen LogP contribution in [-0.4, -0.2) is 62.1 Å². The van der Waals surface area contributed by atoms with Crippen molar-refractivity contribution >= 4 is 23.2 Å². The van der Waals surface area contributed by atoms with Crippen molar-refractivity contribution < 1.29 is 27.9 Å². The maximum absolute atomic E-state index is 12.7. The van der Waals surface area contributed by atoms with E-state index in [-0.39, 0.29) is 5.91 Å². The number of hydrogen-bond acceptors (Lipinski definition) is 5. The van der Waals surface area contributed by atoms with E-state index in [1.165, 1.54) is 17.0 Å². The van der Waals surface area contributed by atoms with Crippen LogP contribution < -0.4 is 0 Å². The van der Waals surface area contributed by atoms with E-state index in [2.05, 4.69) is 35.3 Å². The minimum Gasteiger partial charge on any atom is -0.475 e. The van der Waals surface area contributed by atoms with E-state index >= 15 is 0 Å². The van der Waals surface area contributed by atoms with Crippen molar-refractivity contribution in [2.24, 2.45) is 0 Å². The van der Waals surface area contributed by atoms with Crippen LogP contribution in [0.3, 0.4) is 0 Å². The fourth-order valence-corrected chi connectivity index (χ4v) is 3.49. The molecule has 1 N–H and O–H groups in total. The molecule has 0 saturated heterocycles. The molecule has 0 aliphatic carbocycles. The Bertz CT molecular complexity index is 850. The zero-order chi connectivity index (χ0) is 22.5. The second-order valence-electron chi connectivity index (χ2n) is 7.20. The number of carbonyl (C=O) groups excluding carboxylic acids is 1. The fraction of sp³-hybridized carbons (Fsp3) is 0.526. The summed E-state index contributed by atoms with van der Waals surface area (Å²) in [4.78, 5) is 31.2. The van der Waals surface area contributed by atoms with E-state index in [9.17, 15) is 18.0 Å². The lowest BCUT2D eigenvalue weighted by atomic mass is 10.2. The predicted molar refractivity (Wildman–Crippen MR) is 106 cm³/mol. The van der Waals surface area contributed by atoms with E-state index in [1.54, 1.807) is 0 Å². The quantitative estimate of drug-likeness (QED) is 0.778. The van der Waals surface area contributed by atoms with Gasteiger partial charge in [0.05, 0.1) is 29.1 Å². The summed E-state index contributed by atoms with van der Waals surface area (Å²) in [6.45, 7) is 7.57. The number of aryl methyl sites for hydroxylation is 1. The lowest BCUT2D eigenvalue weighted by molar-refractivity contribution is -0.192. The first-order chi connectivity index (χ1) is 14.0. The van der Waals surface area contributed by atoms with Crippen molar-refractivity contribution in [1.82, 2.24) is 19.4 Å². The van der Waals surface area contributed by atoms with Crippen LogP contribution in [0.25, 0.3) is 0 Å². The van der Waals surface area contributed by atoms with Crippen LogP contribution in [0, 0.1) is 0 Å². The van der Waals surface area contributed by atoms with Gasteiger partial charge in [-0.1, -0.05) is 6.07 Å². The molecule has 0 saturated carbocycles. The summed E-state index contributed by atoms with van der Waals surface area (Å²) in [5.74, 6) is -2.62. The van der Waals surface area contributed by atoms with Gasteiger partial charge in [-0.2, -0.15) is 13.2 Å². The highest BCUT2D eigenvalue weighted by Gasteiger charge is 2.38. The van der Waals surface area contributed by atoms with Crippen molar-refractivity contribution in [2.75, 3.05) is 13.6 Å². The standard InChI is InChI=1S/C17H24N4OS.C2HF3O2/c1-13(2)19(3)10-14-15-11-20(7-5-8-21(15)12-18-14)17(22)16-6-4-9-23-16;3-2(4,5)1(6)7/h4,6,9,12-13H,5,7-8,10-11H2,1-3H3;(H,6,7). The molecular weight excluding hydrogens is 421 g/mol. The van der Waals surface area contributed by atoms with Gasteiger partial charge in [-0.15, -0.1) is 11.3 Å². The van der Waals surface area contributed by atoms with Gasteiger partial charge in [0, 0.05) is 25.7 Å². The summed E-state index contributed by atoms with van der Waals surface area (Å²) in [6.07, 6.45) is -2.18. The minimum absolute atomic E-state index is 0.137. The molecule has 7 nitrogen and oxygen atoms in total. The number of fused-ring (bicyclic) bond motifs is 1. The number of nitrogens with zero attached hydrogens (tertiary/aromatic N) is 4. The summed E-state index contributed by atoms with van der Waals surface area (Å²) >= 11 is 1.51. The lowest BCUT2D eigenvalue weighted by Gasteiger charge is -2.22. The number of amides is 1. The first kappa shape index (κ1) is 23.9. The summed E-state index contributed by atoms with van der Waals surface area (Å²) in [7, 11) is 2.11. The number of thiophene rings is 1. The Hall–Kier alpha value is -2.40. The molecule has 2 aromatic rings. The molecule has 2 aromatic heterocycles. The maximum Gasteiger partial charge on any atom is 0.490 e. The number of carboxylic acid groups (broad SMARTS) is 1. The Morgan fingerprint density at radius 1 is 1.33 bits per heavy atom. The monoisotopic (exact) mass is 446 g/mol. The van der Waals surface area contributed by atoms with Crippen LogP contribution in [0.1, 0.15) is 41.3 Å². The van der Waals surface area contributed by atoms with Crippen LogP contribution in [0.2, 0.25) is 0 Å². The van der Waals surface area contributed by atoms with Gasteiger partial charge in [0.2, 0.25) is 0 Å². The average molecular weight is 446 g/mol. The van der Waals surface area contributed by atoms with Crippen molar-refractivity contribution in [3.8, 4) is 0 Å². The van der Waals surface area contributed by atoms with Gasteiger partial charge in [-0.05, 0) is 38.8 Å². The van der Waals surface area contributed by atoms with Crippen LogP contribution in [0.15, 0.2) is 23.8 Å². The van der Waals surface area contributed by atoms with Crippen LogP contribution >= 0.6 is 11.3 Å². The van der Waals surface area contributed by atoms with Gasteiger partial charge in [-0.25, -0.2) is 9.78 Å². The van der Waals surface area contributed by atoms with E-state index < -0.39 is 12.1 Å². The molecule has 0 unspecified atom stereocenters. The minimum atomic E-state index is -5.08. The smallest absolute Gasteiger partial charge is 0.475 e. The fourth-order valence-electron chi connectivity index (χ4n) is 2.80. The van der Waals surface area contributed by atoms with Gasteiger partial charge >= 0.3 is 12.1 Å². The van der Waals surface area contributed by atoms with E-state index in [0.29, 0.717) is 12.6 Å². The van der Waals surface area contributed by atoms with Gasteiger partial charge in [0.25, 0.3) is 5.91 Å². The van der Waals surface area contributed by atoms with Gasteiger partial charge in [0.15, 0.2) is 0 Å². The molecule has 0 radical (unpaired) electrons. The molecule has 1 aliphatic rings. The first-order valence-corrected chi connectivity index (χ1v) is 10.2. The number of aromatic nitrogens is 2. The summed E-state index contributed by atoms with van der Waals surface area (Å²) in [5, 5.41) is 9.08. The predicted octanol–water partition coefficient (Wildman–Crippen LogP) is 3.46. The Labute approximate surface area is 176 Å². The molecule has 0 spiro atoms. The van der Waals surface area contributed by atoms with E-state index in [4.69, 9.17) is 9.90 Å². The zero-order valence-corrected chi connectivity index (χ0v) is 17.8. The Morgan fingerprint density at radius 3 is 2.53 bits per heavy atom. The van der Waals surface area contributed by atoms with Crippen molar-refractivity contribution in [2.45, 2.75) is 52.1 Å². The largest absolute Gasteiger partial charge is 0.490 e. The van der Waals surface area contributed by atoms with Gasteiger partial charge in [-0.3, -0.25) is 9.69 Å². The molecule has 3 rings (SSSR count). The molecule has 166 valence electrons. The molecule has 11 heteroatoms. The third-order valence-corrected chi connectivity index (χ3v) is 5.60. The highest BCUT2D eigenvalue weighted by Crippen LogP contribution is 2.21. The van der Waals surface area contributed by atoms with Crippen molar-refractivity contribution in [3.05, 3.63) is 40.1 Å². The first-order valence-electron chi connectivity index (χ1n) is 9.36. The van der Waals surface area contributed by atoms with Gasteiger partial charge in [0.1, 0.15) is 0 Å². The van der Waals surface area contributed by atoms with Crippen LogP contribution in [-0.2, 0) is 24.4 Å². The lowest BCUT2D eigenvalue weighted by Crippen LogP contribution is -2.31. The number of carbonyl (C=O) groups is 2. The third kappa shape index (κ3) is 6.30. The highest BCUT2D eigenvalue weighted by atomic mass is 32.1. The van der Waals surface area contributed by atoms with Gasteiger partial charge < -0.3 is 14.6 Å².